The molecule has 2 aromatic rings. The van der Waals surface area contributed by atoms with Crippen LogP contribution < -0.4 is 4.74 Å². The summed E-state index contributed by atoms with van der Waals surface area (Å²) in [5.41, 5.74) is 2.89. The van der Waals surface area contributed by atoms with E-state index < -0.39 is 5.79 Å². The van der Waals surface area contributed by atoms with Crippen LogP contribution in [0.25, 0.3) is 0 Å². The summed E-state index contributed by atoms with van der Waals surface area (Å²) in [7, 11) is 1.65. The molecule has 1 spiro atoms. The summed E-state index contributed by atoms with van der Waals surface area (Å²) in [5, 5.41) is 7.10. The Hall–Kier alpha value is -2.45. The smallest absolute Gasteiger partial charge is 0.257 e. The van der Waals surface area contributed by atoms with Gasteiger partial charge >= 0.3 is 0 Å². The highest BCUT2D eigenvalue weighted by atomic mass is 35.5. The van der Waals surface area contributed by atoms with Crippen molar-refractivity contribution in [2.75, 3.05) is 40.0 Å². The molecule has 174 valence electrons. The van der Waals surface area contributed by atoms with Crippen LogP contribution in [0.3, 0.4) is 0 Å². The maximum atomic E-state index is 13.4. The first-order valence-corrected chi connectivity index (χ1v) is 11.7. The molecule has 2 aromatic carbocycles. The standard InChI is InChI=1S/C25H28ClN3O4/c1-31-21-8-4-18(5-9-21)22-16-23(19-2-6-20(26)7-3-19)29(27-22)24(30)17-28-12-10-25(11-13-28)32-14-15-33-25/h2-9,23H,10-17H2,1H3. The summed E-state index contributed by atoms with van der Waals surface area (Å²) in [6, 6.07) is 15.3. The second kappa shape index (κ2) is 9.43. The van der Waals surface area contributed by atoms with Crippen LogP contribution in [0.4, 0.5) is 0 Å². The molecule has 0 bridgehead atoms. The third-order valence-corrected chi connectivity index (χ3v) is 6.89. The quantitative estimate of drug-likeness (QED) is 0.665. The predicted molar refractivity (Wildman–Crippen MR) is 125 cm³/mol. The van der Waals surface area contributed by atoms with E-state index in [1.54, 1.807) is 12.1 Å². The fourth-order valence-electron chi connectivity index (χ4n) is 4.74. The molecule has 8 heteroatoms. The lowest BCUT2D eigenvalue weighted by Gasteiger charge is -2.37. The first-order valence-electron chi connectivity index (χ1n) is 11.3. The van der Waals surface area contributed by atoms with E-state index in [0.29, 0.717) is 31.2 Å². The maximum absolute atomic E-state index is 13.4. The van der Waals surface area contributed by atoms with E-state index >= 15 is 0 Å². The van der Waals surface area contributed by atoms with Crippen LogP contribution >= 0.6 is 11.6 Å². The molecule has 3 heterocycles. The van der Waals surface area contributed by atoms with Gasteiger partial charge in [-0.3, -0.25) is 9.69 Å². The molecule has 0 aromatic heterocycles. The first kappa shape index (κ1) is 22.3. The predicted octanol–water partition coefficient (Wildman–Crippen LogP) is 3.87. The molecular weight excluding hydrogens is 442 g/mol. The van der Waals surface area contributed by atoms with Gasteiger partial charge < -0.3 is 14.2 Å². The largest absolute Gasteiger partial charge is 0.497 e. The minimum atomic E-state index is -0.446. The molecule has 0 radical (unpaired) electrons. The molecule has 0 aliphatic carbocycles. The molecule has 2 saturated heterocycles. The molecule has 3 aliphatic rings. The Morgan fingerprint density at radius 3 is 2.39 bits per heavy atom. The van der Waals surface area contributed by atoms with Crippen molar-refractivity contribution >= 4 is 23.2 Å². The highest BCUT2D eigenvalue weighted by Gasteiger charge is 2.41. The zero-order valence-corrected chi connectivity index (χ0v) is 19.5. The summed E-state index contributed by atoms with van der Waals surface area (Å²) in [5.74, 6) is 0.332. The lowest BCUT2D eigenvalue weighted by atomic mass is 9.98. The molecule has 2 fully saturated rings. The zero-order chi connectivity index (χ0) is 22.8. The van der Waals surface area contributed by atoms with E-state index in [-0.39, 0.29) is 11.9 Å². The number of carbonyl (C=O) groups excluding carboxylic acids is 1. The average Bonchev–Trinajstić information content (AvgIpc) is 3.49. The number of hydrogen-bond donors (Lipinski definition) is 0. The number of rotatable bonds is 5. The molecule has 0 saturated carbocycles. The van der Waals surface area contributed by atoms with E-state index in [1.807, 2.05) is 48.5 Å². The van der Waals surface area contributed by atoms with Gasteiger partial charge in [0.25, 0.3) is 5.91 Å². The van der Waals surface area contributed by atoms with Crippen molar-refractivity contribution in [2.45, 2.75) is 31.1 Å². The topological polar surface area (TPSA) is 63.6 Å². The number of piperidine rings is 1. The van der Waals surface area contributed by atoms with Crippen molar-refractivity contribution in [2.24, 2.45) is 5.10 Å². The number of nitrogens with zero attached hydrogens (tertiary/aromatic N) is 3. The van der Waals surface area contributed by atoms with Gasteiger partial charge in [-0.2, -0.15) is 5.10 Å². The molecule has 7 nitrogen and oxygen atoms in total. The van der Waals surface area contributed by atoms with Gasteiger partial charge in [0.05, 0.1) is 38.6 Å². The highest BCUT2D eigenvalue weighted by Crippen LogP contribution is 2.35. The Kier molecular flexibility index (Phi) is 6.38. The number of likely N-dealkylation sites (tertiary alicyclic amines) is 1. The van der Waals surface area contributed by atoms with Crippen LogP contribution in [-0.4, -0.2) is 67.3 Å². The van der Waals surface area contributed by atoms with Gasteiger partial charge in [-0.1, -0.05) is 23.7 Å². The normalized spacial score (nSPS) is 22.5. The summed E-state index contributed by atoms with van der Waals surface area (Å²) >= 11 is 6.10. The summed E-state index contributed by atoms with van der Waals surface area (Å²) in [6.45, 7) is 3.15. The van der Waals surface area contributed by atoms with Gasteiger partial charge in [0.2, 0.25) is 0 Å². The number of ether oxygens (including phenoxy) is 3. The fourth-order valence-corrected chi connectivity index (χ4v) is 4.87. The van der Waals surface area contributed by atoms with Gasteiger partial charge in [0, 0.05) is 37.4 Å². The number of methoxy groups -OCH3 is 1. The summed E-state index contributed by atoms with van der Waals surface area (Å²) < 4.78 is 16.9. The molecular formula is C25H28ClN3O4. The molecule has 5 rings (SSSR count). The van der Waals surface area contributed by atoms with Crippen molar-refractivity contribution in [3.8, 4) is 5.75 Å². The Morgan fingerprint density at radius 1 is 1.09 bits per heavy atom. The summed E-state index contributed by atoms with van der Waals surface area (Å²) in [4.78, 5) is 15.6. The lowest BCUT2D eigenvalue weighted by Crippen LogP contribution is -2.48. The van der Waals surface area contributed by atoms with Gasteiger partial charge in [-0.15, -0.1) is 0 Å². The number of carbonyl (C=O) groups is 1. The zero-order valence-electron chi connectivity index (χ0n) is 18.7. The highest BCUT2D eigenvalue weighted by molar-refractivity contribution is 6.30. The van der Waals surface area contributed by atoms with Crippen molar-refractivity contribution < 1.29 is 19.0 Å². The molecule has 3 aliphatic heterocycles. The molecule has 33 heavy (non-hydrogen) atoms. The van der Waals surface area contributed by atoms with Crippen LogP contribution in [0.15, 0.2) is 53.6 Å². The number of amides is 1. The number of halogens is 1. The second-order valence-electron chi connectivity index (χ2n) is 8.67. The lowest BCUT2D eigenvalue weighted by molar-refractivity contribution is -0.186. The number of hydrazone groups is 1. The van der Waals surface area contributed by atoms with Crippen LogP contribution in [0.5, 0.6) is 5.75 Å². The number of hydrogen-bond acceptors (Lipinski definition) is 6. The Labute approximate surface area is 198 Å². The van der Waals surface area contributed by atoms with Crippen molar-refractivity contribution in [3.63, 3.8) is 0 Å². The van der Waals surface area contributed by atoms with Crippen molar-refractivity contribution in [1.82, 2.24) is 9.91 Å². The van der Waals surface area contributed by atoms with E-state index in [2.05, 4.69) is 4.90 Å². The molecule has 1 unspecified atom stereocenters. The van der Waals surface area contributed by atoms with Gasteiger partial charge in [-0.05, 0) is 47.5 Å². The third-order valence-electron chi connectivity index (χ3n) is 6.63. The van der Waals surface area contributed by atoms with E-state index in [9.17, 15) is 4.79 Å². The van der Waals surface area contributed by atoms with Crippen LogP contribution in [0, 0.1) is 0 Å². The van der Waals surface area contributed by atoms with Crippen LogP contribution in [-0.2, 0) is 14.3 Å². The second-order valence-corrected chi connectivity index (χ2v) is 9.11. The van der Waals surface area contributed by atoms with Gasteiger partial charge in [0.1, 0.15) is 5.75 Å². The van der Waals surface area contributed by atoms with Crippen molar-refractivity contribution in [1.29, 1.82) is 0 Å². The minimum absolute atomic E-state index is 0.0114. The van der Waals surface area contributed by atoms with Gasteiger partial charge in [0.15, 0.2) is 5.79 Å². The molecule has 0 N–H and O–H groups in total. The van der Waals surface area contributed by atoms with E-state index in [0.717, 1.165) is 48.5 Å². The molecule has 1 atom stereocenters. The SMILES string of the molecule is COc1ccc(C2=NN(C(=O)CN3CCC4(CC3)OCCO4)C(c3ccc(Cl)cc3)C2)cc1. The summed E-state index contributed by atoms with van der Waals surface area (Å²) in [6.07, 6.45) is 2.20. The van der Waals surface area contributed by atoms with E-state index in [4.69, 9.17) is 30.9 Å². The maximum Gasteiger partial charge on any atom is 0.257 e. The van der Waals surface area contributed by atoms with E-state index in [1.165, 1.54) is 0 Å². The Balaban J connectivity index is 1.33. The van der Waals surface area contributed by atoms with Crippen molar-refractivity contribution in [3.05, 3.63) is 64.7 Å². The Morgan fingerprint density at radius 2 is 1.76 bits per heavy atom. The fraction of sp³-hybridized carbons (Fsp3) is 0.440. The minimum Gasteiger partial charge on any atom is -0.497 e. The molecule has 1 amide bonds. The Bertz CT molecular complexity index is 1010. The van der Waals surface area contributed by atoms with Crippen LogP contribution in [0.2, 0.25) is 5.02 Å². The third kappa shape index (κ3) is 4.77. The average molecular weight is 470 g/mol. The first-order chi connectivity index (χ1) is 16.0. The monoisotopic (exact) mass is 469 g/mol. The van der Waals surface area contributed by atoms with Crippen LogP contribution in [0.1, 0.15) is 36.4 Å². The van der Waals surface area contributed by atoms with Gasteiger partial charge in [-0.25, -0.2) is 5.01 Å². The number of benzene rings is 2.